The molecule has 0 aliphatic carbocycles. The van der Waals surface area contributed by atoms with Crippen LogP contribution in [0.2, 0.25) is 0 Å². The molecule has 1 saturated heterocycles. The molecule has 20 heavy (non-hydrogen) atoms. The summed E-state index contributed by atoms with van der Waals surface area (Å²) in [4.78, 5) is 2.56. The van der Waals surface area contributed by atoms with Crippen molar-refractivity contribution in [2.24, 2.45) is 5.92 Å². The second kappa shape index (κ2) is 9.67. The van der Waals surface area contributed by atoms with Crippen LogP contribution in [-0.2, 0) is 6.42 Å². The van der Waals surface area contributed by atoms with Gasteiger partial charge < -0.3 is 9.73 Å². The summed E-state index contributed by atoms with van der Waals surface area (Å²) in [6, 6.07) is 4.76. The fraction of sp³-hybridized carbons (Fsp3) is 0.733. The van der Waals surface area contributed by atoms with Crippen LogP contribution in [0.1, 0.15) is 44.8 Å². The molecule has 1 aliphatic rings. The quantitative estimate of drug-likeness (QED) is 0.896. The van der Waals surface area contributed by atoms with E-state index in [1.807, 2.05) is 0 Å². The summed E-state index contributed by atoms with van der Waals surface area (Å²) < 4.78 is 5.99. The Morgan fingerprint density at radius 1 is 1.20 bits per heavy atom. The number of nitrogens with zero attached hydrogens (tertiary/aromatic N) is 1. The lowest BCUT2D eigenvalue weighted by molar-refractivity contribution is 0.134. The second-order valence-corrected chi connectivity index (χ2v) is 5.59. The van der Waals surface area contributed by atoms with Crippen molar-refractivity contribution < 1.29 is 4.42 Å². The van der Waals surface area contributed by atoms with Gasteiger partial charge in [-0.1, -0.05) is 20.8 Å². The van der Waals surface area contributed by atoms with Gasteiger partial charge in [-0.3, -0.25) is 4.90 Å². The molecule has 1 N–H and O–H groups in total. The van der Waals surface area contributed by atoms with Crippen molar-refractivity contribution in [3.8, 4) is 0 Å². The average molecular weight is 323 g/mol. The first-order valence-corrected chi connectivity index (χ1v) is 7.24. The van der Waals surface area contributed by atoms with E-state index < -0.39 is 0 Å². The molecule has 0 radical (unpaired) electrons. The van der Waals surface area contributed by atoms with Crippen LogP contribution < -0.4 is 5.32 Å². The Morgan fingerprint density at radius 3 is 2.35 bits per heavy atom. The zero-order valence-electron chi connectivity index (χ0n) is 12.7. The highest BCUT2D eigenvalue weighted by Gasteiger charge is 2.25. The van der Waals surface area contributed by atoms with Crippen LogP contribution >= 0.6 is 24.8 Å². The lowest BCUT2D eigenvalue weighted by Gasteiger charge is -2.34. The first kappa shape index (κ1) is 19.8. The number of halogens is 2. The van der Waals surface area contributed by atoms with Gasteiger partial charge in [-0.2, -0.15) is 0 Å². The van der Waals surface area contributed by atoms with Crippen molar-refractivity contribution in [3.05, 3.63) is 23.7 Å². The first-order valence-electron chi connectivity index (χ1n) is 7.24. The Bertz CT molecular complexity index is 363. The molecule has 2 heterocycles. The Balaban J connectivity index is 0.00000180. The monoisotopic (exact) mass is 322 g/mol. The minimum atomic E-state index is 0. The van der Waals surface area contributed by atoms with E-state index in [1.54, 1.807) is 0 Å². The van der Waals surface area contributed by atoms with E-state index in [-0.39, 0.29) is 24.8 Å². The fourth-order valence-corrected chi connectivity index (χ4v) is 2.65. The highest BCUT2D eigenvalue weighted by molar-refractivity contribution is 5.85. The maximum Gasteiger partial charge on any atom is 0.121 e. The van der Waals surface area contributed by atoms with Gasteiger partial charge in [-0.25, -0.2) is 0 Å². The molecule has 1 fully saturated rings. The minimum Gasteiger partial charge on any atom is -0.464 e. The molecular formula is C15H28Cl2N2O. The highest BCUT2D eigenvalue weighted by Crippen LogP contribution is 2.29. The Morgan fingerprint density at radius 2 is 1.85 bits per heavy atom. The number of piperazine rings is 1. The third kappa shape index (κ3) is 5.28. The molecule has 0 unspecified atom stereocenters. The van der Waals surface area contributed by atoms with Crippen LogP contribution in [0.15, 0.2) is 16.5 Å². The molecule has 1 aromatic rings. The Hall–Kier alpha value is -0.220. The molecule has 0 amide bonds. The summed E-state index contributed by atoms with van der Waals surface area (Å²) in [6.07, 6.45) is 2.16. The minimum absolute atomic E-state index is 0. The molecule has 1 atom stereocenters. The molecule has 1 aromatic heterocycles. The van der Waals surface area contributed by atoms with E-state index >= 15 is 0 Å². The predicted octanol–water partition coefficient (Wildman–Crippen LogP) is 3.68. The highest BCUT2D eigenvalue weighted by atomic mass is 35.5. The summed E-state index contributed by atoms with van der Waals surface area (Å²) in [7, 11) is 0. The van der Waals surface area contributed by atoms with Crippen molar-refractivity contribution in [1.29, 1.82) is 0 Å². The van der Waals surface area contributed by atoms with Crippen molar-refractivity contribution in [2.45, 2.75) is 39.7 Å². The van der Waals surface area contributed by atoms with E-state index in [0.717, 1.165) is 44.1 Å². The number of nitrogens with one attached hydrogen (secondary N) is 1. The number of furan rings is 1. The standard InChI is InChI=1S/C15H26N2O.2ClH/c1-4-13-5-6-15(18-13)14(11-12(2)3)17-9-7-16-8-10-17;;/h5-6,12,14,16H,4,7-11H2,1-3H3;2*1H/t14-;;/m1../s1. The van der Waals surface area contributed by atoms with Gasteiger partial charge in [-0.15, -0.1) is 24.8 Å². The van der Waals surface area contributed by atoms with Crippen LogP contribution in [0.25, 0.3) is 0 Å². The smallest absolute Gasteiger partial charge is 0.121 e. The number of hydrogen-bond acceptors (Lipinski definition) is 3. The van der Waals surface area contributed by atoms with Gasteiger partial charge in [0.15, 0.2) is 0 Å². The molecule has 0 spiro atoms. The number of aryl methyl sites for hydroxylation is 1. The summed E-state index contributed by atoms with van der Waals surface area (Å²) in [5.41, 5.74) is 0. The molecule has 3 nitrogen and oxygen atoms in total. The average Bonchev–Trinajstić information content (AvgIpc) is 2.85. The van der Waals surface area contributed by atoms with Crippen molar-refractivity contribution in [2.75, 3.05) is 26.2 Å². The molecule has 0 bridgehead atoms. The van der Waals surface area contributed by atoms with E-state index in [2.05, 4.69) is 43.1 Å². The largest absolute Gasteiger partial charge is 0.464 e. The van der Waals surface area contributed by atoms with Gasteiger partial charge in [0.2, 0.25) is 0 Å². The predicted molar refractivity (Wildman–Crippen MR) is 89.2 cm³/mol. The van der Waals surface area contributed by atoms with Gasteiger partial charge >= 0.3 is 0 Å². The van der Waals surface area contributed by atoms with Crippen molar-refractivity contribution in [1.82, 2.24) is 10.2 Å². The van der Waals surface area contributed by atoms with E-state index in [0.29, 0.717) is 12.0 Å². The van der Waals surface area contributed by atoms with E-state index in [4.69, 9.17) is 4.42 Å². The molecule has 0 saturated carbocycles. The fourth-order valence-electron chi connectivity index (χ4n) is 2.65. The third-order valence-corrected chi connectivity index (χ3v) is 3.65. The topological polar surface area (TPSA) is 28.4 Å². The summed E-state index contributed by atoms with van der Waals surface area (Å²) in [5, 5.41) is 3.42. The third-order valence-electron chi connectivity index (χ3n) is 3.65. The van der Waals surface area contributed by atoms with E-state index in [1.165, 1.54) is 6.42 Å². The van der Waals surface area contributed by atoms with Gasteiger partial charge in [0.25, 0.3) is 0 Å². The maximum atomic E-state index is 5.99. The van der Waals surface area contributed by atoms with Gasteiger partial charge in [0, 0.05) is 32.6 Å². The molecule has 2 rings (SSSR count). The number of rotatable bonds is 5. The van der Waals surface area contributed by atoms with E-state index in [9.17, 15) is 0 Å². The lowest BCUT2D eigenvalue weighted by Crippen LogP contribution is -2.45. The maximum absolute atomic E-state index is 5.99. The van der Waals surface area contributed by atoms with Gasteiger partial charge in [0.05, 0.1) is 6.04 Å². The zero-order valence-corrected chi connectivity index (χ0v) is 14.4. The summed E-state index contributed by atoms with van der Waals surface area (Å²) >= 11 is 0. The van der Waals surface area contributed by atoms with Crippen LogP contribution in [0.3, 0.4) is 0 Å². The zero-order chi connectivity index (χ0) is 13.0. The first-order chi connectivity index (χ1) is 8.70. The molecule has 1 aliphatic heterocycles. The SMILES string of the molecule is CCc1ccc([C@@H](CC(C)C)N2CCNCC2)o1.Cl.Cl. The Labute approximate surface area is 135 Å². The Kier molecular flexibility index (Phi) is 9.56. The summed E-state index contributed by atoms with van der Waals surface area (Å²) in [5.74, 6) is 2.96. The van der Waals surface area contributed by atoms with Crippen LogP contribution in [0, 0.1) is 5.92 Å². The molecule has 0 aromatic carbocycles. The van der Waals surface area contributed by atoms with Crippen LogP contribution in [0.4, 0.5) is 0 Å². The normalized spacial score (nSPS) is 17.4. The van der Waals surface area contributed by atoms with Crippen molar-refractivity contribution >= 4 is 24.8 Å². The number of hydrogen-bond donors (Lipinski definition) is 1. The van der Waals surface area contributed by atoms with Crippen molar-refractivity contribution in [3.63, 3.8) is 0 Å². The van der Waals surface area contributed by atoms with Crippen LogP contribution in [0.5, 0.6) is 0 Å². The summed E-state index contributed by atoms with van der Waals surface area (Å²) in [6.45, 7) is 11.2. The molecule has 5 heteroatoms. The molecule has 118 valence electrons. The molecular weight excluding hydrogens is 295 g/mol. The van der Waals surface area contributed by atoms with Gasteiger partial charge in [0.1, 0.15) is 11.5 Å². The second-order valence-electron chi connectivity index (χ2n) is 5.59. The van der Waals surface area contributed by atoms with Crippen LogP contribution in [-0.4, -0.2) is 31.1 Å². The van der Waals surface area contributed by atoms with Gasteiger partial charge in [-0.05, 0) is 24.5 Å². The lowest BCUT2D eigenvalue weighted by atomic mass is 10.00.